The first-order chi connectivity index (χ1) is 13.3. The average molecular weight is 398 g/mol. The van der Waals surface area contributed by atoms with Crippen LogP contribution in [0.5, 0.6) is 0 Å². The molecule has 3 aromatic rings. The van der Waals surface area contributed by atoms with Crippen molar-refractivity contribution >= 4 is 27.3 Å². The molecule has 0 aliphatic rings. The maximum Gasteiger partial charge on any atom is 0.261 e. The lowest BCUT2D eigenvalue weighted by Crippen LogP contribution is -2.15. The molecule has 0 bridgehead atoms. The molecule has 0 radical (unpaired) electrons. The number of benzene rings is 3. The van der Waals surface area contributed by atoms with Gasteiger partial charge in [0.2, 0.25) is 5.91 Å². The minimum atomic E-state index is -3.81. The minimum Gasteiger partial charge on any atom is -0.326 e. The van der Waals surface area contributed by atoms with Crippen molar-refractivity contribution < 1.29 is 17.6 Å². The predicted molar refractivity (Wildman–Crippen MR) is 107 cm³/mol. The number of carbonyl (C=O) groups excluding carboxylic acids is 1. The van der Waals surface area contributed by atoms with Crippen molar-refractivity contribution in [3.8, 4) is 0 Å². The van der Waals surface area contributed by atoms with Crippen LogP contribution in [0.3, 0.4) is 0 Å². The van der Waals surface area contributed by atoms with Gasteiger partial charge in [-0.3, -0.25) is 9.52 Å². The van der Waals surface area contributed by atoms with Gasteiger partial charge in [0, 0.05) is 11.4 Å². The number of aryl methyl sites for hydroxylation is 1. The summed E-state index contributed by atoms with van der Waals surface area (Å²) in [5.74, 6) is -0.671. The zero-order valence-electron chi connectivity index (χ0n) is 15.1. The molecule has 0 saturated heterocycles. The Morgan fingerprint density at radius 3 is 2.04 bits per heavy atom. The van der Waals surface area contributed by atoms with E-state index < -0.39 is 15.8 Å². The van der Waals surface area contributed by atoms with Gasteiger partial charge in [0.15, 0.2) is 0 Å². The molecule has 0 unspecified atom stereocenters. The van der Waals surface area contributed by atoms with Gasteiger partial charge in [-0.2, -0.15) is 0 Å². The lowest BCUT2D eigenvalue weighted by molar-refractivity contribution is -0.115. The Labute approximate surface area is 163 Å². The highest BCUT2D eigenvalue weighted by Crippen LogP contribution is 2.17. The van der Waals surface area contributed by atoms with E-state index in [0.717, 1.165) is 28.9 Å². The third kappa shape index (κ3) is 5.17. The SMILES string of the molecule is Cc1ccc(NC(=O)Cc2ccc(NS(=O)(=O)c3ccc(F)cc3)cc2)cc1. The van der Waals surface area contributed by atoms with E-state index in [0.29, 0.717) is 5.69 Å². The fourth-order valence-electron chi connectivity index (χ4n) is 2.55. The summed E-state index contributed by atoms with van der Waals surface area (Å²) in [4.78, 5) is 12.1. The summed E-state index contributed by atoms with van der Waals surface area (Å²) in [7, 11) is -3.81. The van der Waals surface area contributed by atoms with Crippen LogP contribution in [0.25, 0.3) is 0 Å². The normalized spacial score (nSPS) is 11.1. The maximum atomic E-state index is 13.0. The summed E-state index contributed by atoms with van der Waals surface area (Å²) in [6, 6.07) is 18.6. The van der Waals surface area contributed by atoms with E-state index in [1.54, 1.807) is 24.3 Å². The van der Waals surface area contributed by atoms with Crippen LogP contribution in [0.15, 0.2) is 77.7 Å². The summed E-state index contributed by atoms with van der Waals surface area (Å²) in [5, 5.41) is 2.82. The molecule has 0 saturated carbocycles. The highest BCUT2D eigenvalue weighted by Gasteiger charge is 2.14. The predicted octanol–water partition coefficient (Wildman–Crippen LogP) is 4.12. The van der Waals surface area contributed by atoms with Gasteiger partial charge in [0.1, 0.15) is 5.82 Å². The molecule has 2 N–H and O–H groups in total. The van der Waals surface area contributed by atoms with Gasteiger partial charge in [-0.15, -0.1) is 0 Å². The topological polar surface area (TPSA) is 75.3 Å². The summed E-state index contributed by atoms with van der Waals surface area (Å²) in [6.45, 7) is 1.97. The minimum absolute atomic E-state index is 0.0320. The van der Waals surface area contributed by atoms with E-state index in [1.165, 1.54) is 12.1 Å². The van der Waals surface area contributed by atoms with Crippen LogP contribution in [-0.2, 0) is 21.2 Å². The Balaban J connectivity index is 1.62. The Kier molecular flexibility index (Phi) is 5.75. The van der Waals surface area contributed by atoms with E-state index in [-0.39, 0.29) is 17.2 Å². The fourth-order valence-corrected chi connectivity index (χ4v) is 3.60. The molecule has 0 atom stereocenters. The van der Waals surface area contributed by atoms with Crippen LogP contribution in [0.4, 0.5) is 15.8 Å². The molecule has 0 spiro atoms. The monoisotopic (exact) mass is 398 g/mol. The number of anilines is 2. The van der Waals surface area contributed by atoms with Crippen molar-refractivity contribution in [1.82, 2.24) is 0 Å². The number of halogens is 1. The molecule has 1 amide bonds. The van der Waals surface area contributed by atoms with Crippen LogP contribution >= 0.6 is 0 Å². The molecule has 144 valence electrons. The summed E-state index contributed by atoms with van der Waals surface area (Å²) in [5.41, 5.74) is 2.93. The smallest absolute Gasteiger partial charge is 0.261 e. The molecule has 0 aliphatic carbocycles. The van der Waals surface area contributed by atoms with Crippen LogP contribution in [0, 0.1) is 12.7 Å². The second-order valence-corrected chi connectivity index (χ2v) is 8.03. The molecular formula is C21H19FN2O3S. The van der Waals surface area contributed by atoms with Crippen LogP contribution in [-0.4, -0.2) is 14.3 Å². The van der Waals surface area contributed by atoms with Crippen LogP contribution in [0.2, 0.25) is 0 Å². The van der Waals surface area contributed by atoms with Gasteiger partial charge in [-0.1, -0.05) is 29.8 Å². The molecule has 0 aliphatic heterocycles. The number of carbonyl (C=O) groups is 1. The number of rotatable bonds is 6. The van der Waals surface area contributed by atoms with Crippen LogP contribution in [0.1, 0.15) is 11.1 Å². The highest BCUT2D eigenvalue weighted by molar-refractivity contribution is 7.92. The van der Waals surface area contributed by atoms with E-state index in [2.05, 4.69) is 10.0 Å². The second kappa shape index (κ2) is 8.22. The Morgan fingerprint density at radius 1 is 0.857 bits per heavy atom. The van der Waals surface area contributed by atoms with Crippen molar-refractivity contribution in [2.45, 2.75) is 18.2 Å². The number of sulfonamides is 1. The summed E-state index contributed by atoms with van der Waals surface area (Å²) >= 11 is 0. The summed E-state index contributed by atoms with van der Waals surface area (Å²) in [6.07, 6.45) is 0.166. The molecule has 5 nitrogen and oxygen atoms in total. The van der Waals surface area contributed by atoms with Gasteiger partial charge < -0.3 is 5.32 Å². The van der Waals surface area contributed by atoms with E-state index in [4.69, 9.17) is 0 Å². The quantitative estimate of drug-likeness (QED) is 0.656. The van der Waals surface area contributed by atoms with Crippen molar-refractivity contribution in [3.05, 3.63) is 89.7 Å². The molecule has 0 fully saturated rings. The van der Waals surface area contributed by atoms with Crippen molar-refractivity contribution in [2.24, 2.45) is 0 Å². The fraction of sp³-hybridized carbons (Fsp3) is 0.0952. The Bertz CT molecular complexity index is 1060. The van der Waals surface area contributed by atoms with E-state index >= 15 is 0 Å². The lowest BCUT2D eigenvalue weighted by atomic mass is 10.1. The number of nitrogens with one attached hydrogen (secondary N) is 2. The van der Waals surface area contributed by atoms with Gasteiger partial charge in [0.25, 0.3) is 10.0 Å². The average Bonchev–Trinajstić information content (AvgIpc) is 2.65. The van der Waals surface area contributed by atoms with Crippen molar-refractivity contribution in [3.63, 3.8) is 0 Å². The molecule has 28 heavy (non-hydrogen) atoms. The molecular weight excluding hydrogens is 379 g/mol. The standard InChI is InChI=1S/C21H19FN2O3S/c1-15-2-8-18(9-3-15)23-21(25)14-16-4-10-19(11-5-16)24-28(26,27)20-12-6-17(22)7-13-20/h2-13,24H,14H2,1H3,(H,23,25). The number of amides is 1. The molecule has 0 aromatic heterocycles. The zero-order valence-corrected chi connectivity index (χ0v) is 16.0. The highest BCUT2D eigenvalue weighted by atomic mass is 32.2. The van der Waals surface area contributed by atoms with E-state index in [9.17, 15) is 17.6 Å². The van der Waals surface area contributed by atoms with Gasteiger partial charge >= 0.3 is 0 Å². The number of hydrogen-bond donors (Lipinski definition) is 2. The lowest BCUT2D eigenvalue weighted by Gasteiger charge is -2.09. The molecule has 7 heteroatoms. The third-order valence-electron chi connectivity index (χ3n) is 4.03. The number of hydrogen-bond acceptors (Lipinski definition) is 3. The largest absolute Gasteiger partial charge is 0.326 e. The Hall–Kier alpha value is -3.19. The van der Waals surface area contributed by atoms with E-state index in [1.807, 2.05) is 31.2 Å². The molecule has 0 heterocycles. The first-order valence-corrected chi connectivity index (χ1v) is 10.0. The first-order valence-electron chi connectivity index (χ1n) is 8.56. The zero-order chi connectivity index (χ0) is 20.1. The second-order valence-electron chi connectivity index (χ2n) is 6.35. The first kappa shape index (κ1) is 19.6. The van der Waals surface area contributed by atoms with Crippen molar-refractivity contribution in [1.29, 1.82) is 0 Å². The molecule has 3 rings (SSSR count). The van der Waals surface area contributed by atoms with Gasteiger partial charge in [-0.05, 0) is 61.0 Å². The molecule has 3 aromatic carbocycles. The van der Waals surface area contributed by atoms with Crippen LogP contribution < -0.4 is 10.0 Å². The maximum absolute atomic E-state index is 13.0. The Morgan fingerprint density at radius 2 is 1.43 bits per heavy atom. The van der Waals surface area contributed by atoms with Crippen molar-refractivity contribution in [2.75, 3.05) is 10.0 Å². The third-order valence-corrected chi connectivity index (χ3v) is 5.43. The van der Waals surface area contributed by atoms with Gasteiger partial charge in [-0.25, -0.2) is 12.8 Å². The van der Waals surface area contributed by atoms with Gasteiger partial charge in [0.05, 0.1) is 11.3 Å². The summed E-state index contributed by atoms with van der Waals surface area (Å²) < 4.78 is 40.0.